The summed E-state index contributed by atoms with van der Waals surface area (Å²) < 4.78 is 18.5. The Kier molecular flexibility index (Phi) is 4.69. The van der Waals surface area contributed by atoms with Crippen molar-refractivity contribution in [3.05, 3.63) is 60.6 Å². The zero-order valence-electron chi connectivity index (χ0n) is 14.5. The summed E-state index contributed by atoms with van der Waals surface area (Å²) >= 11 is 0. The highest BCUT2D eigenvalue weighted by Crippen LogP contribution is 2.20. The fourth-order valence-corrected chi connectivity index (χ4v) is 2.96. The van der Waals surface area contributed by atoms with Gasteiger partial charge in [0.25, 0.3) is 0 Å². The molecule has 1 aliphatic heterocycles. The van der Waals surface area contributed by atoms with E-state index in [1.807, 2.05) is 18.2 Å². The van der Waals surface area contributed by atoms with E-state index in [1.165, 1.54) is 12.1 Å². The van der Waals surface area contributed by atoms with Gasteiger partial charge in [-0.15, -0.1) is 10.2 Å². The standard InChI is InChI=1S/C19H18FN5O2/c20-14-3-1-4-15(13-14)21-19(26)25-10-8-24(9-11-25)18-7-6-16(22-23-18)17-5-2-12-27-17/h1-7,12-13H,8-11H2,(H,21,26). The van der Waals surface area contributed by atoms with Crippen molar-refractivity contribution in [3.8, 4) is 11.5 Å². The van der Waals surface area contributed by atoms with Crippen LogP contribution in [-0.2, 0) is 0 Å². The lowest BCUT2D eigenvalue weighted by Crippen LogP contribution is -2.50. The number of benzene rings is 1. The van der Waals surface area contributed by atoms with E-state index in [2.05, 4.69) is 20.4 Å². The Bertz CT molecular complexity index is 906. The molecular weight excluding hydrogens is 349 g/mol. The van der Waals surface area contributed by atoms with Crippen LogP contribution in [0, 0.1) is 5.82 Å². The molecule has 1 saturated heterocycles. The third-order valence-electron chi connectivity index (χ3n) is 4.39. The van der Waals surface area contributed by atoms with E-state index in [-0.39, 0.29) is 11.8 Å². The van der Waals surface area contributed by atoms with Crippen molar-refractivity contribution in [3.63, 3.8) is 0 Å². The molecule has 1 fully saturated rings. The van der Waals surface area contributed by atoms with Crippen LogP contribution in [0.1, 0.15) is 0 Å². The highest BCUT2D eigenvalue weighted by Gasteiger charge is 2.22. The van der Waals surface area contributed by atoms with Gasteiger partial charge in [0.15, 0.2) is 11.6 Å². The fraction of sp³-hybridized carbons (Fsp3) is 0.211. The van der Waals surface area contributed by atoms with E-state index < -0.39 is 0 Å². The minimum absolute atomic E-state index is 0.237. The summed E-state index contributed by atoms with van der Waals surface area (Å²) in [5.74, 6) is 1.05. The SMILES string of the molecule is O=C(Nc1cccc(F)c1)N1CCN(c2ccc(-c3ccco3)nn2)CC1. The van der Waals surface area contributed by atoms with Crippen LogP contribution in [0.15, 0.2) is 59.2 Å². The number of furan rings is 1. The second kappa shape index (κ2) is 7.45. The number of nitrogens with zero attached hydrogens (tertiary/aromatic N) is 4. The molecule has 138 valence electrons. The molecule has 1 aliphatic rings. The van der Waals surface area contributed by atoms with Gasteiger partial charge in [0, 0.05) is 31.9 Å². The maximum Gasteiger partial charge on any atom is 0.321 e. The molecule has 0 aliphatic carbocycles. The number of amides is 2. The van der Waals surface area contributed by atoms with Crippen molar-refractivity contribution < 1.29 is 13.6 Å². The van der Waals surface area contributed by atoms with Crippen LogP contribution in [0.25, 0.3) is 11.5 Å². The van der Waals surface area contributed by atoms with Crippen molar-refractivity contribution in [2.24, 2.45) is 0 Å². The Morgan fingerprint density at radius 2 is 1.89 bits per heavy atom. The van der Waals surface area contributed by atoms with Gasteiger partial charge in [0.2, 0.25) is 0 Å². The number of piperazine rings is 1. The normalized spacial score (nSPS) is 14.3. The van der Waals surface area contributed by atoms with Crippen LogP contribution in [0.4, 0.5) is 20.7 Å². The van der Waals surface area contributed by atoms with Gasteiger partial charge in [0.05, 0.1) is 6.26 Å². The maximum atomic E-state index is 13.2. The first kappa shape index (κ1) is 17.0. The first-order chi connectivity index (χ1) is 13.2. The molecule has 3 heterocycles. The van der Waals surface area contributed by atoms with E-state index in [0.29, 0.717) is 43.3 Å². The molecule has 2 amide bonds. The van der Waals surface area contributed by atoms with Crippen molar-refractivity contribution >= 4 is 17.5 Å². The fourth-order valence-electron chi connectivity index (χ4n) is 2.96. The number of hydrogen-bond donors (Lipinski definition) is 1. The molecule has 0 radical (unpaired) electrons. The highest BCUT2D eigenvalue weighted by molar-refractivity contribution is 5.89. The monoisotopic (exact) mass is 367 g/mol. The van der Waals surface area contributed by atoms with Crippen LogP contribution in [0.2, 0.25) is 0 Å². The number of urea groups is 1. The quantitative estimate of drug-likeness (QED) is 0.769. The van der Waals surface area contributed by atoms with Gasteiger partial charge in [-0.1, -0.05) is 6.07 Å². The largest absolute Gasteiger partial charge is 0.463 e. The minimum atomic E-state index is -0.380. The van der Waals surface area contributed by atoms with Crippen molar-refractivity contribution in [2.45, 2.75) is 0 Å². The summed E-state index contributed by atoms with van der Waals surface area (Å²) in [6.45, 7) is 2.38. The zero-order chi connectivity index (χ0) is 18.6. The highest BCUT2D eigenvalue weighted by atomic mass is 19.1. The van der Waals surface area contributed by atoms with Crippen LogP contribution in [0.3, 0.4) is 0 Å². The Morgan fingerprint density at radius 3 is 2.56 bits per heavy atom. The topological polar surface area (TPSA) is 74.5 Å². The number of hydrogen-bond acceptors (Lipinski definition) is 5. The molecule has 1 N–H and O–H groups in total. The average Bonchev–Trinajstić information content (AvgIpc) is 3.23. The number of aromatic nitrogens is 2. The number of rotatable bonds is 3. The molecule has 4 rings (SSSR count). The third-order valence-corrected chi connectivity index (χ3v) is 4.39. The molecule has 0 atom stereocenters. The lowest BCUT2D eigenvalue weighted by molar-refractivity contribution is 0.208. The van der Waals surface area contributed by atoms with Gasteiger partial charge in [-0.3, -0.25) is 0 Å². The number of halogens is 1. The smallest absolute Gasteiger partial charge is 0.321 e. The molecule has 2 aromatic heterocycles. The van der Waals surface area contributed by atoms with Crippen molar-refractivity contribution in [2.75, 3.05) is 36.4 Å². The second-order valence-corrected chi connectivity index (χ2v) is 6.17. The van der Waals surface area contributed by atoms with Gasteiger partial charge >= 0.3 is 6.03 Å². The van der Waals surface area contributed by atoms with Crippen molar-refractivity contribution in [1.29, 1.82) is 0 Å². The lowest BCUT2D eigenvalue weighted by atomic mass is 10.3. The predicted molar refractivity (Wildman–Crippen MR) is 98.9 cm³/mol. The van der Waals surface area contributed by atoms with Crippen LogP contribution >= 0.6 is 0 Å². The van der Waals surface area contributed by atoms with Crippen molar-refractivity contribution in [1.82, 2.24) is 15.1 Å². The lowest BCUT2D eigenvalue weighted by Gasteiger charge is -2.35. The van der Waals surface area contributed by atoms with Gasteiger partial charge in [-0.2, -0.15) is 0 Å². The van der Waals surface area contributed by atoms with Gasteiger partial charge in [-0.25, -0.2) is 9.18 Å². The average molecular weight is 367 g/mol. The Morgan fingerprint density at radius 1 is 1.04 bits per heavy atom. The molecule has 27 heavy (non-hydrogen) atoms. The summed E-state index contributed by atoms with van der Waals surface area (Å²) in [6, 6.07) is 13.0. The second-order valence-electron chi connectivity index (χ2n) is 6.17. The van der Waals surface area contributed by atoms with Crippen LogP contribution in [0.5, 0.6) is 0 Å². The van der Waals surface area contributed by atoms with E-state index in [0.717, 1.165) is 5.82 Å². The molecule has 0 bridgehead atoms. The van der Waals surface area contributed by atoms with Gasteiger partial charge < -0.3 is 19.5 Å². The summed E-state index contributed by atoms with van der Waals surface area (Å²) in [6.07, 6.45) is 1.60. The van der Waals surface area contributed by atoms with E-state index >= 15 is 0 Å². The van der Waals surface area contributed by atoms with E-state index in [4.69, 9.17) is 4.42 Å². The first-order valence-corrected chi connectivity index (χ1v) is 8.63. The first-order valence-electron chi connectivity index (χ1n) is 8.63. The Labute approximate surface area is 155 Å². The number of anilines is 2. The molecule has 0 unspecified atom stereocenters. The molecule has 0 saturated carbocycles. The molecule has 1 aromatic carbocycles. The van der Waals surface area contributed by atoms with Gasteiger partial charge in [0.1, 0.15) is 11.5 Å². The Hall–Kier alpha value is -3.42. The number of carbonyl (C=O) groups excluding carboxylic acids is 1. The van der Waals surface area contributed by atoms with E-state index in [9.17, 15) is 9.18 Å². The van der Waals surface area contributed by atoms with Crippen LogP contribution < -0.4 is 10.2 Å². The van der Waals surface area contributed by atoms with Gasteiger partial charge in [-0.05, 0) is 42.5 Å². The summed E-state index contributed by atoms with van der Waals surface area (Å²) in [5, 5.41) is 11.2. The molecule has 0 spiro atoms. The number of carbonyl (C=O) groups is 1. The molecule has 7 nitrogen and oxygen atoms in total. The summed E-state index contributed by atoms with van der Waals surface area (Å²) in [7, 11) is 0. The maximum absolute atomic E-state index is 13.2. The number of nitrogens with one attached hydrogen (secondary N) is 1. The molecular formula is C19H18FN5O2. The Balaban J connectivity index is 1.34. The zero-order valence-corrected chi connectivity index (χ0v) is 14.5. The molecule has 8 heteroatoms. The summed E-state index contributed by atoms with van der Waals surface area (Å²) in [5.41, 5.74) is 1.12. The van der Waals surface area contributed by atoms with E-state index in [1.54, 1.807) is 29.4 Å². The van der Waals surface area contributed by atoms with Crippen LogP contribution in [-0.4, -0.2) is 47.3 Å². The molecule has 3 aromatic rings. The third kappa shape index (κ3) is 3.89. The summed E-state index contributed by atoms with van der Waals surface area (Å²) in [4.78, 5) is 16.1. The minimum Gasteiger partial charge on any atom is -0.463 e. The predicted octanol–water partition coefficient (Wildman–Crippen LogP) is 3.23.